The maximum atomic E-state index is 10.4. The van der Waals surface area contributed by atoms with Crippen molar-refractivity contribution in [3.63, 3.8) is 0 Å². The standard InChI is InChI=1S/C7H8O3S.CH2O3.2K.H2O/c1-6-2-4-7(5-3-6)11(8,9)10;2-1(3)4;;;/h2-5H,1H3,(H,8,9,10);(H2,2,3,4);;;1H2/q;;2*+1;/p-2. The first-order valence-electron chi connectivity index (χ1n) is 3.66. The fourth-order valence-corrected chi connectivity index (χ4v) is 1.17. The minimum Gasteiger partial charge on any atom is -0.744 e. The number of carboxylic acid groups (broad SMARTS) is 2. The smallest absolute Gasteiger partial charge is 0.744 e. The molecule has 18 heavy (non-hydrogen) atoms. The number of hydrogen-bond donors (Lipinski definition) is 1. The van der Waals surface area contributed by atoms with E-state index in [-0.39, 0.29) is 113 Å². The number of carbonyl (C=O) groups is 1. The first kappa shape index (κ1) is 27.9. The molecule has 0 heterocycles. The Hall–Kier alpha value is 1.63. The van der Waals surface area contributed by atoms with Crippen LogP contribution in [0.3, 0.4) is 0 Å². The van der Waals surface area contributed by atoms with E-state index < -0.39 is 16.3 Å². The molecule has 0 aliphatic rings. The fourth-order valence-electron chi connectivity index (χ4n) is 0.705. The van der Waals surface area contributed by atoms with Crippen LogP contribution in [0, 0.1) is 6.92 Å². The number of benzene rings is 1. The molecule has 0 aromatic heterocycles. The summed E-state index contributed by atoms with van der Waals surface area (Å²) in [6.45, 7) is 1.82. The molecule has 0 spiro atoms. The van der Waals surface area contributed by atoms with Crippen molar-refractivity contribution in [3.05, 3.63) is 29.8 Å². The summed E-state index contributed by atoms with van der Waals surface area (Å²) in [5, 5.41) is 15.3. The molecular weight excluding hydrogens is 318 g/mol. The van der Waals surface area contributed by atoms with Crippen molar-refractivity contribution in [2.45, 2.75) is 11.8 Å². The minimum atomic E-state index is -4.27. The van der Waals surface area contributed by atoms with E-state index in [0.717, 1.165) is 5.56 Å². The zero-order valence-corrected chi connectivity index (χ0v) is 17.3. The molecule has 7 nitrogen and oxygen atoms in total. The second-order valence-electron chi connectivity index (χ2n) is 2.53. The van der Waals surface area contributed by atoms with E-state index in [9.17, 15) is 13.0 Å². The summed E-state index contributed by atoms with van der Waals surface area (Å²) >= 11 is 0. The van der Waals surface area contributed by atoms with Gasteiger partial charge in [0.1, 0.15) is 10.1 Å². The van der Waals surface area contributed by atoms with Gasteiger partial charge in [-0.05, 0) is 19.1 Å². The molecule has 0 amide bonds. The van der Waals surface area contributed by atoms with Gasteiger partial charge >= 0.3 is 103 Å². The molecule has 0 saturated heterocycles. The summed E-state index contributed by atoms with van der Waals surface area (Å²) in [5.41, 5.74) is 0.928. The summed E-state index contributed by atoms with van der Waals surface area (Å²) in [6.07, 6.45) is -2.08. The van der Waals surface area contributed by atoms with Crippen molar-refractivity contribution in [1.82, 2.24) is 0 Å². The number of rotatable bonds is 1. The van der Waals surface area contributed by atoms with Crippen LogP contribution in [-0.2, 0) is 10.1 Å². The van der Waals surface area contributed by atoms with Gasteiger partial charge in [0.15, 0.2) is 0 Å². The van der Waals surface area contributed by atoms with E-state index in [4.69, 9.17) is 15.0 Å². The summed E-state index contributed by atoms with van der Waals surface area (Å²) in [4.78, 5) is 8.27. The molecule has 92 valence electrons. The van der Waals surface area contributed by atoms with Gasteiger partial charge in [-0.25, -0.2) is 8.42 Å². The number of aryl methyl sites for hydroxylation is 1. The summed E-state index contributed by atoms with van der Waals surface area (Å²) in [7, 11) is -4.27. The van der Waals surface area contributed by atoms with E-state index in [1.54, 1.807) is 12.1 Å². The molecular formula is C8H10K2O7S. The Morgan fingerprint density at radius 2 is 1.44 bits per heavy atom. The quantitative estimate of drug-likeness (QED) is 0.400. The van der Waals surface area contributed by atoms with E-state index in [1.165, 1.54) is 12.1 Å². The maximum absolute atomic E-state index is 10.4. The average molecular weight is 328 g/mol. The normalized spacial score (nSPS) is 8.33. The van der Waals surface area contributed by atoms with Gasteiger partial charge in [0.25, 0.3) is 0 Å². The van der Waals surface area contributed by atoms with Crippen LogP contribution in [-0.4, -0.2) is 29.7 Å². The second-order valence-corrected chi connectivity index (χ2v) is 3.91. The predicted molar refractivity (Wildman–Crippen MR) is 50.8 cm³/mol. The molecule has 3 N–H and O–H groups in total. The third-order valence-electron chi connectivity index (χ3n) is 1.31. The zero-order chi connectivity index (χ0) is 12.1. The molecule has 0 saturated carbocycles. The van der Waals surface area contributed by atoms with Crippen LogP contribution in [0.5, 0.6) is 0 Å². The zero-order valence-electron chi connectivity index (χ0n) is 10.2. The van der Waals surface area contributed by atoms with Crippen molar-refractivity contribution < 1.29 is 136 Å². The molecule has 1 aromatic carbocycles. The van der Waals surface area contributed by atoms with Crippen LogP contribution in [0.4, 0.5) is 4.79 Å². The predicted octanol–water partition coefficient (Wildman–Crippen LogP) is -7.03. The van der Waals surface area contributed by atoms with E-state index >= 15 is 0 Å². The Balaban J connectivity index is -0.000000125. The molecule has 0 bridgehead atoms. The summed E-state index contributed by atoms with van der Waals surface area (Å²) < 4.78 is 31.2. The van der Waals surface area contributed by atoms with Gasteiger partial charge in [-0.3, -0.25) is 0 Å². The number of hydrogen-bond acceptors (Lipinski definition) is 5. The van der Waals surface area contributed by atoms with Crippen molar-refractivity contribution in [1.29, 1.82) is 0 Å². The van der Waals surface area contributed by atoms with Crippen LogP contribution < -0.4 is 108 Å². The molecule has 0 fully saturated rings. The molecule has 0 aliphatic carbocycles. The van der Waals surface area contributed by atoms with Gasteiger partial charge in [-0.2, -0.15) is 0 Å². The van der Waals surface area contributed by atoms with E-state index in [1.807, 2.05) is 6.92 Å². The fraction of sp³-hybridized carbons (Fsp3) is 0.125. The van der Waals surface area contributed by atoms with Crippen LogP contribution >= 0.6 is 0 Å². The van der Waals surface area contributed by atoms with Gasteiger partial charge in [0, 0.05) is 0 Å². The Morgan fingerprint density at radius 3 is 1.67 bits per heavy atom. The van der Waals surface area contributed by atoms with Crippen LogP contribution in [0.15, 0.2) is 29.2 Å². The van der Waals surface area contributed by atoms with Crippen molar-refractivity contribution >= 4 is 16.3 Å². The molecule has 1 rings (SSSR count). The average Bonchev–Trinajstić information content (AvgIpc) is 2.01. The van der Waals surface area contributed by atoms with Gasteiger partial charge < -0.3 is 25.0 Å². The Labute approximate surface area is 190 Å². The SMILES string of the molecule is Cc1ccc(S(=O)(=O)[O-])cc1.O.O=C([O-])O.[K+].[K+]. The maximum Gasteiger partial charge on any atom is 1.00 e. The molecule has 0 atom stereocenters. The Bertz CT molecular complexity index is 425. The van der Waals surface area contributed by atoms with Gasteiger partial charge in [0.2, 0.25) is 6.16 Å². The van der Waals surface area contributed by atoms with E-state index in [2.05, 4.69) is 0 Å². The molecule has 0 unspecified atom stereocenters. The van der Waals surface area contributed by atoms with Crippen LogP contribution in [0.25, 0.3) is 0 Å². The third-order valence-corrected chi connectivity index (χ3v) is 2.16. The topological polar surface area (TPSA) is 149 Å². The molecule has 0 aliphatic heterocycles. The minimum absolute atomic E-state index is 0. The Kier molecular flexibility index (Phi) is 21.1. The summed E-state index contributed by atoms with van der Waals surface area (Å²) in [5.74, 6) is 0. The van der Waals surface area contributed by atoms with E-state index in [0.29, 0.717) is 0 Å². The van der Waals surface area contributed by atoms with Gasteiger partial charge in [-0.1, -0.05) is 17.7 Å². The van der Waals surface area contributed by atoms with Gasteiger partial charge in [0.05, 0.1) is 4.90 Å². The monoisotopic (exact) mass is 328 g/mol. The van der Waals surface area contributed by atoms with Crippen LogP contribution in [0.2, 0.25) is 0 Å². The first-order chi connectivity index (χ1) is 6.73. The Morgan fingerprint density at radius 1 is 1.17 bits per heavy atom. The largest absolute Gasteiger partial charge is 1.00 e. The van der Waals surface area contributed by atoms with Crippen molar-refractivity contribution in [2.24, 2.45) is 0 Å². The molecule has 10 heteroatoms. The molecule has 1 aromatic rings. The third kappa shape index (κ3) is 15.7. The second kappa shape index (κ2) is 13.6. The van der Waals surface area contributed by atoms with Crippen molar-refractivity contribution in [2.75, 3.05) is 0 Å². The van der Waals surface area contributed by atoms with Gasteiger partial charge in [-0.15, -0.1) is 0 Å². The van der Waals surface area contributed by atoms with Crippen LogP contribution in [0.1, 0.15) is 5.56 Å². The summed E-state index contributed by atoms with van der Waals surface area (Å²) in [6, 6.07) is 5.78. The first-order valence-corrected chi connectivity index (χ1v) is 5.07. The molecule has 0 radical (unpaired) electrons. The van der Waals surface area contributed by atoms with Crippen molar-refractivity contribution in [3.8, 4) is 0 Å².